The third-order valence-corrected chi connectivity index (χ3v) is 3.09. The van der Waals surface area contributed by atoms with Gasteiger partial charge in [-0.3, -0.25) is 4.79 Å². The van der Waals surface area contributed by atoms with Gasteiger partial charge in [0.05, 0.1) is 0 Å². The summed E-state index contributed by atoms with van der Waals surface area (Å²) in [7, 11) is 0. The average molecular weight is 266 g/mol. The molecule has 0 fully saturated rings. The molecule has 2 rings (SSSR count). The second-order valence-corrected chi connectivity index (χ2v) is 4.68. The van der Waals surface area contributed by atoms with E-state index in [2.05, 4.69) is 36.4 Å². The predicted octanol–water partition coefficient (Wildman–Crippen LogP) is 4.62. The molecule has 0 spiro atoms. The quantitative estimate of drug-likeness (QED) is 0.774. The largest absolute Gasteiger partial charge is 0.481 e. The second kappa shape index (κ2) is 7.29. The minimum atomic E-state index is -0.731. The lowest BCUT2D eigenvalue weighted by Crippen LogP contribution is -1.92. The molecule has 0 radical (unpaired) electrons. The van der Waals surface area contributed by atoms with Crippen molar-refractivity contribution in [3.63, 3.8) is 0 Å². The van der Waals surface area contributed by atoms with E-state index in [4.69, 9.17) is 5.11 Å². The van der Waals surface area contributed by atoms with Gasteiger partial charge in [0, 0.05) is 6.42 Å². The van der Waals surface area contributed by atoms with E-state index < -0.39 is 5.97 Å². The van der Waals surface area contributed by atoms with E-state index in [1.165, 1.54) is 11.1 Å². The number of aliphatic carboxylic acids is 1. The van der Waals surface area contributed by atoms with E-state index in [-0.39, 0.29) is 6.42 Å². The van der Waals surface area contributed by atoms with Crippen LogP contribution in [0.4, 0.5) is 0 Å². The SMILES string of the molecule is O=C(O)CCCC=Cc1ccc(-c2ccccc2)cc1. The predicted molar refractivity (Wildman–Crippen MR) is 82.4 cm³/mol. The van der Waals surface area contributed by atoms with Crippen LogP contribution in [0.15, 0.2) is 60.7 Å². The van der Waals surface area contributed by atoms with E-state index in [9.17, 15) is 4.79 Å². The molecule has 0 aliphatic rings. The summed E-state index contributed by atoms with van der Waals surface area (Å²) in [5.41, 5.74) is 3.55. The van der Waals surface area contributed by atoms with Gasteiger partial charge in [0.2, 0.25) is 0 Å². The lowest BCUT2D eigenvalue weighted by molar-refractivity contribution is -0.137. The van der Waals surface area contributed by atoms with Crippen LogP contribution in [-0.4, -0.2) is 11.1 Å². The highest BCUT2D eigenvalue weighted by atomic mass is 16.4. The monoisotopic (exact) mass is 266 g/mol. The van der Waals surface area contributed by atoms with Crippen LogP contribution in [-0.2, 0) is 4.79 Å². The Balaban J connectivity index is 1.92. The first-order valence-electron chi connectivity index (χ1n) is 6.79. The summed E-state index contributed by atoms with van der Waals surface area (Å²) in [4.78, 5) is 10.4. The summed E-state index contributed by atoms with van der Waals surface area (Å²) in [6, 6.07) is 18.6. The van der Waals surface area contributed by atoms with Crippen molar-refractivity contribution in [2.45, 2.75) is 19.3 Å². The number of carboxylic acids is 1. The maximum absolute atomic E-state index is 10.4. The van der Waals surface area contributed by atoms with Gasteiger partial charge in [-0.05, 0) is 29.5 Å². The van der Waals surface area contributed by atoms with Crippen LogP contribution >= 0.6 is 0 Å². The normalized spacial score (nSPS) is 10.8. The topological polar surface area (TPSA) is 37.3 Å². The van der Waals surface area contributed by atoms with Crippen LogP contribution < -0.4 is 0 Å². The first kappa shape index (κ1) is 14.1. The number of carbonyl (C=O) groups is 1. The summed E-state index contributed by atoms with van der Waals surface area (Å²) in [6.45, 7) is 0. The number of hydrogen-bond acceptors (Lipinski definition) is 1. The highest BCUT2D eigenvalue weighted by Crippen LogP contribution is 2.19. The minimum Gasteiger partial charge on any atom is -0.481 e. The molecule has 102 valence electrons. The summed E-state index contributed by atoms with van der Waals surface area (Å²) >= 11 is 0. The minimum absolute atomic E-state index is 0.233. The lowest BCUT2D eigenvalue weighted by Gasteiger charge is -2.01. The van der Waals surface area contributed by atoms with E-state index in [1.807, 2.05) is 30.4 Å². The number of unbranched alkanes of at least 4 members (excludes halogenated alkanes) is 1. The molecular formula is C18H18O2. The molecule has 0 saturated carbocycles. The molecular weight excluding hydrogens is 248 g/mol. The van der Waals surface area contributed by atoms with Gasteiger partial charge in [-0.1, -0.05) is 66.7 Å². The number of hydrogen-bond donors (Lipinski definition) is 1. The fraction of sp³-hybridized carbons (Fsp3) is 0.167. The van der Waals surface area contributed by atoms with Gasteiger partial charge in [0.25, 0.3) is 0 Å². The summed E-state index contributed by atoms with van der Waals surface area (Å²) in [6.07, 6.45) is 5.79. The van der Waals surface area contributed by atoms with Gasteiger partial charge in [-0.25, -0.2) is 0 Å². The molecule has 0 saturated heterocycles. The maximum Gasteiger partial charge on any atom is 0.303 e. The number of allylic oxidation sites excluding steroid dienone is 1. The Bertz CT molecular complexity index is 568. The molecule has 20 heavy (non-hydrogen) atoms. The van der Waals surface area contributed by atoms with Crippen molar-refractivity contribution < 1.29 is 9.90 Å². The van der Waals surface area contributed by atoms with Crippen molar-refractivity contribution >= 4 is 12.0 Å². The fourth-order valence-electron chi connectivity index (χ4n) is 2.01. The highest BCUT2D eigenvalue weighted by Gasteiger charge is 1.96. The van der Waals surface area contributed by atoms with Crippen LogP contribution in [0.25, 0.3) is 17.2 Å². The molecule has 0 amide bonds. The Morgan fingerprint density at radius 1 is 0.950 bits per heavy atom. The van der Waals surface area contributed by atoms with Crippen LogP contribution in [0.5, 0.6) is 0 Å². The Hall–Kier alpha value is -2.35. The first-order valence-corrected chi connectivity index (χ1v) is 6.79. The zero-order valence-corrected chi connectivity index (χ0v) is 11.3. The molecule has 0 aliphatic heterocycles. The highest BCUT2D eigenvalue weighted by molar-refractivity contribution is 5.67. The van der Waals surface area contributed by atoms with Gasteiger partial charge in [0.1, 0.15) is 0 Å². The summed E-state index contributed by atoms with van der Waals surface area (Å²) in [5, 5.41) is 8.54. The van der Waals surface area contributed by atoms with E-state index in [1.54, 1.807) is 0 Å². The van der Waals surface area contributed by atoms with Crippen molar-refractivity contribution in [3.05, 3.63) is 66.2 Å². The molecule has 2 aromatic rings. The number of carboxylic acid groups (broad SMARTS) is 1. The lowest BCUT2D eigenvalue weighted by atomic mass is 10.0. The van der Waals surface area contributed by atoms with Crippen LogP contribution in [0.2, 0.25) is 0 Å². The molecule has 0 heterocycles. The van der Waals surface area contributed by atoms with Gasteiger partial charge in [-0.15, -0.1) is 0 Å². The molecule has 0 aliphatic carbocycles. The Kier molecular flexibility index (Phi) is 5.13. The van der Waals surface area contributed by atoms with E-state index >= 15 is 0 Å². The van der Waals surface area contributed by atoms with Crippen molar-refractivity contribution in [2.75, 3.05) is 0 Å². The zero-order chi connectivity index (χ0) is 14.2. The van der Waals surface area contributed by atoms with E-state index in [0.717, 1.165) is 12.0 Å². The van der Waals surface area contributed by atoms with Crippen LogP contribution in [0.3, 0.4) is 0 Å². The average Bonchev–Trinajstić information content (AvgIpc) is 2.48. The first-order chi connectivity index (χ1) is 9.75. The molecule has 1 N–H and O–H groups in total. The smallest absolute Gasteiger partial charge is 0.303 e. The van der Waals surface area contributed by atoms with Gasteiger partial charge < -0.3 is 5.11 Å². The molecule has 0 bridgehead atoms. The summed E-state index contributed by atoms with van der Waals surface area (Å²) < 4.78 is 0. The number of benzene rings is 2. The van der Waals surface area contributed by atoms with Crippen molar-refractivity contribution in [1.29, 1.82) is 0 Å². The third-order valence-electron chi connectivity index (χ3n) is 3.09. The third kappa shape index (κ3) is 4.39. The van der Waals surface area contributed by atoms with Gasteiger partial charge in [-0.2, -0.15) is 0 Å². The second-order valence-electron chi connectivity index (χ2n) is 4.68. The Labute approximate surface area is 119 Å². The molecule has 0 aromatic heterocycles. The Morgan fingerprint density at radius 2 is 1.60 bits per heavy atom. The standard InChI is InChI=1S/C18H18O2/c19-18(20)10-6-1-3-7-15-11-13-17(14-12-15)16-8-4-2-5-9-16/h2-5,7-9,11-14H,1,6,10H2,(H,19,20). The fourth-order valence-corrected chi connectivity index (χ4v) is 2.01. The van der Waals surface area contributed by atoms with Crippen LogP contribution in [0.1, 0.15) is 24.8 Å². The molecule has 2 heteroatoms. The Morgan fingerprint density at radius 3 is 2.25 bits per heavy atom. The zero-order valence-electron chi connectivity index (χ0n) is 11.3. The van der Waals surface area contributed by atoms with Crippen molar-refractivity contribution in [3.8, 4) is 11.1 Å². The molecule has 0 atom stereocenters. The van der Waals surface area contributed by atoms with Gasteiger partial charge >= 0.3 is 5.97 Å². The molecule has 0 unspecified atom stereocenters. The molecule has 2 nitrogen and oxygen atoms in total. The van der Waals surface area contributed by atoms with E-state index in [0.29, 0.717) is 6.42 Å². The van der Waals surface area contributed by atoms with Crippen molar-refractivity contribution in [1.82, 2.24) is 0 Å². The van der Waals surface area contributed by atoms with Crippen molar-refractivity contribution in [2.24, 2.45) is 0 Å². The maximum atomic E-state index is 10.4. The summed E-state index contributed by atoms with van der Waals surface area (Å²) in [5.74, 6) is -0.731. The molecule has 2 aromatic carbocycles. The van der Waals surface area contributed by atoms with Crippen LogP contribution in [0, 0.1) is 0 Å². The number of rotatable bonds is 6. The van der Waals surface area contributed by atoms with Gasteiger partial charge in [0.15, 0.2) is 0 Å².